The van der Waals surface area contributed by atoms with E-state index in [0.29, 0.717) is 17.9 Å². The molecule has 1 fully saturated rings. The van der Waals surface area contributed by atoms with Crippen molar-refractivity contribution >= 4 is 28.2 Å². The number of nitrogens with zero attached hydrogens (tertiary/aromatic N) is 5. The fraction of sp³-hybridized carbons (Fsp3) is 0.240. The first-order chi connectivity index (χ1) is 15.9. The summed E-state index contributed by atoms with van der Waals surface area (Å²) in [7, 11) is 1.87. The Morgan fingerprint density at radius 1 is 1.27 bits per heavy atom. The number of aromatic nitrogens is 4. The first-order valence-corrected chi connectivity index (χ1v) is 10.8. The molecule has 0 aliphatic heterocycles. The Balaban J connectivity index is 1.53. The van der Waals surface area contributed by atoms with Crippen molar-refractivity contribution in [2.24, 2.45) is 18.9 Å². The second kappa shape index (κ2) is 8.02. The number of aryl methyl sites for hydroxylation is 2. The molecule has 8 nitrogen and oxygen atoms in total. The van der Waals surface area contributed by atoms with Gasteiger partial charge in [-0.1, -0.05) is 0 Å². The molecule has 3 aromatic heterocycles. The minimum absolute atomic E-state index is 0.0896. The van der Waals surface area contributed by atoms with E-state index in [4.69, 9.17) is 11.0 Å². The predicted octanol–water partition coefficient (Wildman–Crippen LogP) is 4.08. The SMILES string of the molecule is Cc1ccnc(-c2cnn(C)c2)c1-c1cc(N)c2cnc(NC(=O)[C@@H]3C[C@H]3CC#N)cc2c1. The highest BCUT2D eigenvalue weighted by molar-refractivity contribution is 6.01. The predicted molar refractivity (Wildman–Crippen MR) is 127 cm³/mol. The van der Waals surface area contributed by atoms with Gasteiger partial charge in [0.2, 0.25) is 5.91 Å². The number of nitrogens with one attached hydrogen (secondary N) is 1. The fourth-order valence-electron chi connectivity index (χ4n) is 4.31. The van der Waals surface area contributed by atoms with Gasteiger partial charge in [0, 0.05) is 60.2 Å². The smallest absolute Gasteiger partial charge is 0.228 e. The Bertz CT molecular complexity index is 1430. The lowest BCUT2D eigenvalue weighted by Gasteiger charge is -2.14. The molecule has 1 amide bonds. The highest BCUT2D eigenvalue weighted by Crippen LogP contribution is 2.42. The van der Waals surface area contributed by atoms with E-state index in [9.17, 15) is 4.79 Å². The number of nitrogen functional groups attached to an aromatic ring is 1. The van der Waals surface area contributed by atoms with E-state index in [1.807, 2.05) is 44.4 Å². The third kappa shape index (κ3) is 3.89. The van der Waals surface area contributed by atoms with Gasteiger partial charge in [-0.05, 0) is 60.0 Å². The molecule has 0 unspecified atom stereocenters. The van der Waals surface area contributed by atoms with Crippen LogP contribution >= 0.6 is 0 Å². The second-order valence-corrected chi connectivity index (χ2v) is 8.56. The summed E-state index contributed by atoms with van der Waals surface area (Å²) >= 11 is 0. The van der Waals surface area contributed by atoms with Crippen LogP contribution in [0.4, 0.5) is 11.5 Å². The largest absolute Gasteiger partial charge is 0.398 e. The lowest BCUT2D eigenvalue weighted by molar-refractivity contribution is -0.117. The van der Waals surface area contributed by atoms with Crippen LogP contribution in [0.3, 0.4) is 0 Å². The molecule has 1 aliphatic rings. The summed E-state index contributed by atoms with van der Waals surface area (Å²) in [5.41, 5.74) is 11.8. The maximum Gasteiger partial charge on any atom is 0.228 e. The van der Waals surface area contributed by atoms with Crippen LogP contribution < -0.4 is 11.1 Å². The first-order valence-electron chi connectivity index (χ1n) is 10.8. The van der Waals surface area contributed by atoms with Crippen molar-refractivity contribution in [2.75, 3.05) is 11.1 Å². The van der Waals surface area contributed by atoms with Crippen molar-refractivity contribution in [1.29, 1.82) is 5.26 Å². The van der Waals surface area contributed by atoms with Gasteiger partial charge in [0.1, 0.15) is 5.82 Å². The molecule has 0 radical (unpaired) electrons. The van der Waals surface area contributed by atoms with Crippen LogP contribution in [0.1, 0.15) is 18.4 Å². The lowest BCUT2D eigenvalue weighted by Crippen LogP contribution is -2.15. The number of anilines is 2. The van der Waals surface area contributed by atoms with Gasteiger partial charge in [0.15, 0.2) is 0 Å². The van der Waals surface area contributed by atoms with Crippen molar-refractivity contribution < 1.29 is 4.79 Å². The van der Waals surface area contributed by atoms with Crippen molar-refractivity contribution in [1.82, 2.24) is 19.7 Å². The number of pyridine rings is 2. The Kier molecular flexibility index (Phi) is 5.02. The van der Waals surface area contributed by atoms with E-state index in [1.54, 1.807) is 23.3 Å². The van der Waals surface area contributed by atoms with Crippen molar-refractivity contribution in [3.05, 3.63) is 54.6 Å². The number of benzene rings is 1. The Hall–Kier alpha value is -4.25. The van der Waals surface area contributed by atoms with Crippen LogP contribution in [-0.2, 0) is 11.8 Å². The molecule has 5 rings (SSSR count). The number of hydrogen-bond donors (Lipinski definition) is 2. The summed E-state index contributed by atoms with van der Waals surface area (Å²) in [5, 5.41) is 17.7. The number of carbonyl (C=O) groups is 1. The quantitative estimate of drug-likeness (QED) is 0.454. The molecular formula is C25H23N7O. The molecule has 33 heavy (non-hydrogen) atoms. The van der Waals surface area contributed by atoms with Crippen LogP contribution in [0.25, 0.3) is 33.2 Å². The molecule has 1 aliphatic carbocycles. The standard InChI is InChI=1S/C25H23N7O/c1-14-4-6-28-24(18-11-30-32(2)13-18)23(14)17-7-16-10-22(29-12-20(16)21(27)9-17)31-25(33)19-8-15(19)3-5-26/h4,6-7,9-13,15,19H,3,8,27H2,1-2H3,(H,29,31,33)/t15-,19-/m1/s1. The van der Waals surface area contributed by atoms with Gasteiger partial charge in [0.05, 0.1) is 18.0 Å². The maximum atomic E-state index is 12.5. The van der Waals surface area contributed by atoms with E-state index in [0.717, 1.165) is 45.1 Å². The van der Waals surface area contributed by atoms with Gasteiger partial charge >= 0.3 is 0 Å². The Morgan fingerprint density at radius 3 is 2.88 bits per heavy atom. The number of fused-ring (bicyclic) bond motifs is 1. The highest BCUT2D eigenvalue weighted by atomic mass is 16.2. The van der Waals surface area contributed by atoms with Crippen LogP contribution in [0.15, 0.2) is 49.1 Å². The summed E-state index contributed by atoms with van der Waals surface area (Å²) in [5.74, 6) is 0.422. The Labute approximate surface area is 191 Å². The molecule has 3 N–H and O–H groups in total. The fourth-order valence-corrected chi connectivity index (χ4v) is 4.31. The zero-order valence-corrected chi connectivity index (χ0v) is 18.4. The molecule has 0 spiro atoms. The van der Waals surface area contributed by atoms with Gasteiger partial charge in [-0.3, -0.25) is 14.5 Å². The minimum Gasteiger partial charge on any atom is -0.398 e. The molecule has 2 atom stereocenters. The second-order valence-electron chi connectivity index (χ2n) is 8.56. The maximum absolute atomic E-state index is 12.5. The number of nitriles is 1. The van der Waals surface area contributed by atoms with E-state index in [-0.39, 0.29) is 17.7 Å². The highest BCUT2D eigenvalue weighted by Gasteiger charge is 2.42. The molecule has 0 saturated heterocycles. The summed E-state index contributed by atoms with van der Waals surface area (Å²) in [4.78, 5) is 21.5. The molecule has 8 heteroatoms. The summed E-state index contributed by atoms with van der Waals surface area (Å²) in [6.07, 6.45) is 8.37. The molecule has 3 heterocycles. The minimum atomic E-state index is -0.112. The number of rotatable bonds is 5. The molecule has 0 bridgehead atoms. The average molecular weight is 438 g/mol. The molecule has 164 valence electrons. The Morgan fingerprint density at radius 2 is 2.12 bits per heavy atom. The van der Waals surface area contributed by atoms with E-state index in [1.165, 1.54) is 0 Å². The molecule has 1 saturated carbocycles. The van der Waals surface area contributed by atoms with Crippen molar-refractivity contribution in [2.45, 2.75) is 19.8 Å². The van der Waals surface area contributed by atoms with Gasteiger partial charge < -0.3 is 11.1 Å². The van der Waals surface area contributed by atoms with E-state index < -0.39 is 0 Å². The third-order valence-corrected chi connectivity index (χ3v) is 6.16. The number of carbonyl (C=O) groups excluding carboxylic acids is 1. The van der Waals surface area contributed by atoms with Gasteiger partial charge in [-0.2, -0.15) is 10.4 Å². The number of hydrogen-bond acceptors (Lipinski definition) is 6. The van der Waals surface area contributed by atoms with Crippen LogP contribution in [0, 0.1) is 30.1 Å². The zero-order chi connectivity index (χ0) is 23.1. The average Bonchev–Trinajstić information content (AvgIpc) is 3.43. The third-order valence-electron chi connectivity index (χ3n) is 6.16. The van der Waals surface area contributed by atoms with Crippen LogP contribution in [0.2, 0.25) is 0 Å². The van der Waals surface area contributed by atoms with Crippen LogP contribution in [0.5, 0.6) is 0 Å². The van der Waals surface area contributed by atoms with E-state index in [2.05, 4.69) is 26.5 Å². The summed E-state index contributed by atoms with van der Waals surface area (Å²) in [6.45, 7) is 2.04. The summed E-state index contributed by atoms with van der Waals surface area (Å²) in [6, 6.07) is 9.92. The first kappa shape index (κ1) is 20.6. The molecule has 4 aromatic rings. The lowest BCUT2D eigenvalue weighted by atomic mass is 9.94. The van der Waals surface area contributed by atoms with Crippen molar-refractivity contribution in [3.63, 3.8) is 0 Å². The number of amides is 1. The molecule has 1 aromatic carbocycles. The van der Waals surface area contributed by atoms with Gasteiger partial charge in [-0.15, -0.1) is 0 Å². The normalized spacial score (nSPS) is 17.0. The van der Waals surface area contributed by atoms with Crippen molar-refractivity contribution in [3.8, 4) is 28.5 Å². The summed E-state index contributed by atoms with van der Waals surface area (Å²) < 4.78 is 1.75. The molecular weight excluding hydrogens is 414 g/mol. The van der Waals surface area contributed by atoms with E-state index >= 15 is 0 Å². The monoisotopic (exact) mass is 437 g/mol. The topological polar surface area (TPSA) is 123 Å². The van der Waals surface area contributed by atoms with Gasteiger partial charge in [0.25, 0.3) is 0 Å². The zero-order valence-electron chi connectivity index (χ0n) is 18.4. The number of nitrogens with two attached hydrogens (primary N) is 1. The van der Waals surface area contributed by atoms with Gasteiger partial charge in [-0.25, -0.2) is 4.98 Å². The van der Waals surface area contributed by atoms with Crippen LogP contribution in [-0.4, -0.2) is 25.7 Å².